The van der Waals surface area contributed by atoms with Gasteiger partial charge < -0.3 is 9.42 Å². The van der Waals surface area contributed by atoms with E-state index in [-0.39, 0.29) is 6.04 Å². The minimum atomic E-state index is 0.187. The Morgan fingerprint density at radius 2 is 1.95 bits per heavy atom. The van der Waals surface area contributed by atoms with E-state index in [9.17, 15) is 0 Å². The first kappa shape index (κ1) is 13.2. The van der Waals surface area contributed by atoms with E-state index in [0.717, 1.165) is 36.2 Å². The van der Waals surface area contributed by atoms with E-state index in [0.29, 0.717) is 11.8 Å². The normalized spacial score (nSPS) is 23.3. The summed E-state index contributed by atoms with van der Waals surface area (Å²) in [4.78, 5) is 11.5. The lowest BCUT2D eigenvalue weighted by Gasteiger charge is -2.20. The third-order valence-corrected chi connectivity index (χ3v) is 5.26. The van der Waals surface area contributed by atoms with Crippen molar-refractivity contribution in [3.63, 3.8) is 0 Å². The summed E-state index contributed by atoms with van der Waals surface area (Å²) in [6, 6.07) is 0.187. The van der Waals surface area contributed by atoms with Crippen LogP contribution in [-0.4, -0.2) is 26.0 Å². The molecule has 1 aliphatic heterocycles. The minimum Gasteiger partial charge on any atom is -0.340 e. The Bertz CT molecular complexity index is 618. The van der Waals surface area contributed by atoms with Crippen LogP contribution >= 0.6 is 11.5 Å². The van der Waals surface area contributed by atoms with Gasteiger partial charge in [-0.15, -0.1) is 0 Å². The highest BCUT2D eigenvalue weighted by Gasteiger charge is 2.33. The van der Waals surface area contributed by atoms with Crippen LogP contribution in [0.25, 0.3) is 0 Å². The van der Waals surface area contributed by atoms with Gasteiger partial charge in [-0.2, -0.15) is 9.36 Å². The van der Waals surface area contributed by atoms with Crippen molar-refractivity contribution >= 4 is 16.7 Å². The Morgan fingerprint density at radius 1 is 1.10 bits per heavy atom. The molecule has 1 saturated carbocycles. The monoisotopic (exact) mass is 305 g/mol. The molecule has 0 bridgehead atoms. The van der Waals surface area contributed by atoms with Gasteiger partial charge in [-0.25, -0.2) is 4.98 Å². The van der Waals surface area contributed by atoms with Gasteiger partial charge in [0, 0.05) is 30.9 Å². The summed E-state index contributed by atoms with van der Waals surface area (Å²) in [5.41, 5.74) is 0. The summed E-state index contributed by atoms with van der Waals surface area (Å²) < 4.78 is 9.73. The van der Waals surface area contributed by atoms with Crippen LogP contribution in [0.5, 0.6) is 0 Å². The van der Waals surface area contributed by atoms with Gasteiger partial charge in [-0.3, -0.25) is 0 Å². The highest BCUT2D eigenvalue weighted by atomic mass is 32.1. The average Bonchev–Trinajstić information content (AvgIpc) is 3.25. The summed E-state index contributed by atoms with van der Waals surface area (Å²) >= 11 is 1.52. The molecule has 21 heavy (non-hydrogen) atoms. The zero-order valence-corrected chi connectivity index (χ0v) is 13.0. The zero-order valence-electron chi connectivity index (χ0n) is 12.2. The van der Waals surface area contributed by atoms with Crippen LogP contribution < -0.4 is 4.90 Å². The second-order valence-corrected chi connectivity index (χ2v) is 6.67. The third-order valence-electron chi connectivity index (χ3n) is 4.49. The molecule has 2 aliphatic rings. The van der Waals surface area contributed by atoms with Crippen LogP contribution in [0.4, 0.5) is 5.13 Å². The number of rotatable bonds is 3. The molecule has 4 rings (SSSR count). The fourth-order valence-electron chi connectivity index (χ4n) is 3.41. The largest absolute Gasteiger partial charge is 0.340 e. The number of aromatic nitrogens is 4. The molecule has 0 unspecified atom stereocenters. The molecule has 2 aromatic heterocycles. The Balaban J connectivity index is 1.57. The third kappa shape index (κ3) is 2.43. The first-order chi connectivity index (χ1) is 10.3. The van der Waals surface area contributed by atoms with Gasteiger partial charge in [0.05, 0.1) is 6.04 Å². The molecule has 1 saturated heterocycles. The Hall–Kier alpha value is -1.50. The van der Waals surface area contributed by atoms with E-state index in [1.165, 1.54) is 37.2 Å². The molecule has 0 radical (unpaired) electrons. The van der Waals surface area contributed by atoms with Crippen LogP contribution in [0.2, 0.25) is 0 Å². The standard InChI is InChI=1S/C14H19N5OS/c1-9-15-13(17-20-9)11-7-4-8-19(11)14-16-12(18-21-14)10-5-2-3-6-10/h10-11H,2-8H2,1H3/t11-/m0/s1. The SMILES string of the molecule is Cc1nc([C@@H]2CCCN2c2nc(C3CCCC3)ns2)no1. The molecule has 1 aliphatic carbocycles. The number of hydrogen-bond donors (Lipinski definition) is 0. The summed E-state index contributed by atoms with van der Waals surface area (Å²) in [6.45, 7) is 2.83. The maximum Gasteiger partial charge on any atom is 0.223 e. The van der Waals surface area contributed by atoms with Gasteiger partial charge in [0.2, 0.25) is 11.0 Å². The van der Waals surface area contributed by atoms with E-state index in [2.05, 4.69) is 19.4 Å². The topological polar surface area (TPSA) is 67.9 Å². The van der Waals surface area contributed by atoms with Crippen LogP contribution in [0.3, 0.4) is 0 Å². The molecule has 2 fully saturated rings. The van der Waals surface area contributed by atoms with Crippen LogP contribution in [0.1, 0.15) is 68.0 Å². The van der Waals surface area contributed by atoms with Crippen molar-refractivity contribution in [2.24, 2.45) is 0 Å². The van der Waals surface area contributed by atoms with E-state index in [1.807, 2.05) is 6.92 Å². The van der Waals surface area contributed by atoms with Gasteiger partial charge in [0.25, 0.3) is 0 Å². The predicted molar refractivity (Wildman–Crippen MR) is 79.5 cm³/mol. The Labute approximate surface area is 127 Å². The van der Waals surface area contributed by atoms with E-state index in [1.54, 1.807) is 0 Å². The van der Waals surface area contributed by atoms with E-state index < -0.39 is 0 Å². The van der Waals surface area contributed by atoms with E-state index >= 15 is 0 Å². The maximum atomic E-state index is 5.13. The van der Waals surface area contributed by atoms with Crippen molar-refractivity contribution in [1.29, 1.82) is 0 Å². The molecular weight excluding hydrogens is 286 g/mol. The summed E-state index contributed by atoms with van der Waals surface area (Å²) in [5, 5.41) is 5.10. The smallest absolute Gasteiger partial charge is 0.223 e. The molecule has 0 amide bonds. The van der Waals surface area contributed by atoms with Crippen LogP contribution in [0, 0.1) is 6.92 Å². The Kier molecular flexibility index (Phi) is 3.37. The van der Waals surface area contributed by atoms with Crippen molar-refractivity contribution in [1.82, 2.24) is 19.5 Å². The fourth-order valence-corrected chi connectivity index (χ4v) is 4.23. The molecule has 2 aromatic rings. The molecule has 3 heterocycles. The van der Waals surface area contributed by atoms with Crippen molar-refractivity contribution in [3.8, 4) is 0 Å². The molecule has 0 aromatic carbocycles. The number of aryl methyl sites for hydroxylation is 1. The molecule has 7 heteroatoms. The molecule has 1 atom stereocenters. The van der Waals surface area contributed by atoms with Gasteiger partial charge in [0.1, 0.15) is 5.82 Å². The fraction of sp³-hybridized carbons (Fsp3) is 0.714. The van der Waals surface area contributed by atoms with Crippen molar-refractivity contribution in [2.75, 3.05) is 11.4 Å². The number of anilines is 1. The molecule has 112 valence electrons. The second-order valence-electron chi connectivity index (χ2n) is 5.94. The van der Waals surface area contributed by atoms with Crippen molar-refractivity contribution in [2.45, 2.75) is 57.4 Å². The summed E-state index contributed by atoms with van der Waals surface area (Å²) in [7, 11) is 0. The highest BCUT2D eigenvalue weighted by Crippen LogP contribution is 2.38. The zero-order chi connectivity index (χ0) is 14.2. The second kappa shape index (κ2) is 5.36. The first-order valence-electron chi connectivity index (χ1n) is 7.72. The van der Waals surface area contributed by atoms with Crippen LogP contribution in [-0.2, 0) is 0 Å². The van der Waals surface area contributed by atoms with Gasteiger partial charge >= 0.3 is 0 Å². The van der Waals surface area contributed by atoms with Crippen molar-refractivity contribution in [3.05, 3.63) is 17.5 Å². The number of hydrogen-bond acceptors (Lipinski definition) is 7. The summed E-state index contributed by atoms with van der Waals surface area (Å²) in [5.74, 6) is 3.02. The van der Waals surface area contributed by atoms with E-state index in [4.69, 9.17) is 9.51 Å². The van der Waals surface area contributed by atoms with Crippen LogP contribution in [0.15, 0.2) is 4.52 Å². The quantitative estimate of drug-likeness (QED) is 0.867. The Morgan fingerprint density at radius 3 is 2.71 bits per heavy atom. The number of nitrogens with zero attached hydrogens (tertiary/aromatic N) is 5. The molecule has 0 N–H and O–H groups in total. The van der Waals surface area contributed by atoms with Gasteiger partial charge in [-0.1, -0.05) is 18.0 Å². The molecule has 6 nitrogen and oxygen atoms in total. The van der Waals surface area contributed by atoms with Gasteiger partial charge in [-0.05, 0) is 25.7 Å². The molecule has 0 spiro atoms. The lowest BCUT2D eigenvalue weighted by Crippen LogP contribution is -2.23. The highest BCUT2D eigenvalue weighted by molar-refractivity contribution is 7.09. The molecular formula is C14H19N5OS. The first-order valence-corrected chi connectivity index (χ1v) is 8.49. The van der Waals surface area contributed by atoms with Gasteiger partial charge in [0.15, 0.2) is 5.82 Å². The lowest BCUT2D eigenvalue weighted by atomic mass is 10.1. The maximum absolute atomic E-state index is 5.13. The van der Waals surface area contributed by atoms with Crippen molar-refractivity contribution < 1.29 is 4.52 Å². The minimum absolute atomic E-state index is 0.187. The average molecular weight is 305 g/mol. The predicted octanol–water partition coefficient (Wildman–Crippen LogP) is 3.23. The summed E-state index contributed by atoms with van der Waals surface area (Å²) in [6.07, 6.45) is 7.29. The lowest BCUT2D eigenvalue weighted by molar-refractivity contribution is 0.383.